The van der Waals surface area contributed by atoms with Gasteiger partial charge in [-0.25, -0.2) is 0 Å². The van der Waals surface area contributed by atoms with Crippen molar-refractivity contribution in [2.45, 2.75) is 13.0 Å². The SMILES string of the molecule is CC(O)CNc1ccc(Br)cc1N. The lowest BCUT2D eigenvalue weighted by Gasteiger charge is -2.10. The van der Waals surface area contributed by atoms with Gasteiger partial charge < -0.3 is 16.2 Å². The monoisotopic (exact) mass is 244 g/mol. The number of anilines is 2. The van der Waals surface area contributed by atoms with Gasteiger partial charge >= 0.3 is 0 Å². The molecule has 4 heteroatoms. The van der Waals surface area contributed by atoms with E-state index >= 15 is 0 Å². The molecule has 0 aromatic heterocycles. The maximum Gasteiger partial charge on any atom is 0.0684 e. The number of nitrogens with one attached hydrogen (secondary N) is 1. The van der Waals surface area contributed by atoms with Gasteiger partial charge in [-0.3, -0.25) is 0 Å². The van der Waals surface area contributed by atoms with Crippen molar-refractivity contribution >= 4 is 27.3 Å². The summed E-state index contributed by atoms with van der Waals surface area (Å²) < 4.78 is 0.951. The summed E-state index contributed by atoms with van der Waals surface area (Å²) in [5.74, 6) is 0. The summed E-state index contributed by atoms with van der Waals surface area (Å²) in [5, 5.41) is 12.1. The van der Waals surface area contributed by atoms with Crippen LogP contribution in [0.1, 0.15) is 6.92 Å². The fourth-order valence-corrected chi connectivity index (χ4v) is 1.33. The van der Waals surface area contributed by atoms with Crippen LogP contribution in [0, 0.1) is 0 Å². The number of benzene rings is 1. The molecule has 0 aliphatic rings. The number of hydrogen-bond acceptors (Lipinski definition) is 3. The third-order valence-electron chi connectivity index (χ3n) is 1.60. The summed E-state index contributed by atoms with van der Waals surface area (Å²) in [5.41, 5.74) is 7.26. The van der Waals surface area contributed by atoms with Gasteiger partial charge in [0.15, 0.2) is 0 Å². The van der Waals surface area contributed by atoms with Gasteiger partial charge in [-0.05, 0) is 25.1 Å². The topological polar surface area (TPSA) is 58.3 Å². The molecule has 0 aliphatic carbocycles. The highest BCUT2D eigenvalue weighted by atomic mass is 79.9. The van der Waals surface area contributed by atoms with Gasteiger partial charge in [0.2, 0.25) is 0 Å². The lowest BCUT2D eigenvalue weighted by Crippen LogP contribution is -2.16. The Balaban J connectivity index is 2.67. The van der Waals surface area contributed by atoms with E-state index in [2.05, 4.69) is 21.2 Å². The quantitative estimate of drug-likeness (QED) is 0.712. The van der Waals surface area contributed by atoms with Crippen molar-refractivity contribution in [3.63, 3.8) is 0 Å². The molecule has 1 aromatic carbocycles. The van der Waals surface area contributed by atoms with Gasteiger partial charge in [0.25, 0.3) is 0 Å². The van der Waals surface area contributed by atoms with E-state index in [0.29, 0.717) is 12.2 Å². The zero-order valence-electron chi connectivity index (χ0n) is 7.42. The number of hydrogen-bond donors (Lipinski definition) is 3. The molecule has 0 radical (unpaired) electrons. The van der Waals surface area contributed by atoms with E-state index in [-0.39, 0.29) is 6.10 Å². The highest BCUT2D eigenvalue weighted by Gasteiger charge is 2.00. The van der Waals surface area contributed by atoms with Crippen LogP contribution in [0.25, 0.3) is 0 Å². The molecule has 0 saturated heterocycles. The van der Waals surface area contributed by atoms with Crippen molar-refractivity contribution in [3.8, 4) is 0 Å². The number of aliphatic hydroxyl groups is 1. The van der Waals surface area contributed by atoms with Crippen LogP contribution in [-0.2, 0) is 0 Å². The molecule has 1 atom stereocenters. The van der Waals surface area contributed by atoms with Crippen LogP contribution in [0.3, 0.4) is 0 Å². The molecule has 72 valence electrons. The van der Waals surface area contributed by atoms with Crippen LogP contribution >= 0.6 is 15.9 Å². The Morgan fingerprint density at radius 3 is 2.85 bits per heavy atom. The normalized spacial score (nSPS) is 12.5. The van der Waals surface area contributed by atoms with E-state index in [1.165, 1.54) is 0 Å². The lowest BCUT2D eigenvalue weighted by atomic mass is 10.2. The summed E-state index contributed by atoms with van der Waals surface area (Å²) in [6.45, 7) is 2.23. The van der Waals surface area contributed by atoms with Gasteiger partial charge in [0, 0.05) is 11.0 Å². The van der Waals surface area contributed by atoms with Crippen LogP contribution in [0.2, 0.25) is 0 Å². The minimum Gasteiger partial charge on any atom is -0.397 e. The second kappa shape index (κ2) is 4.48. The smallest absolute Gasteiger partial charge is 0.0684 e. The molecule has 0 aliphatic heterocycles. The summed E-state index contributed by atoms with van der Waals surface area (Å²) in [7, 11) is 0. The largest absolute Gasteiger partial charge is 0.397 e. The fourth-order valence-electron chi connectivity index (χ4n) is 0.952. The fraction of sp³-hybridized carbons (Fsp3) is 0.333. The number of nitrogen functional groups attached to an aromatic ring is 1. The van der Waals surface area contributed by atoms with Crippen LogP contribution in [0.15, 0.2) is 22.7 Å². The van der Waals surface area contributed by atoms with Crippen molar-refractivity contribution in [2.75, 3.05) is 17.6 Å². The van der Waals surface area contributed by atoms with Gasteiger partial charge in [0.1, 0.15) is 0 Å². The first kappa shape index (κ1) is 10.3. The first-order valence-corrected chi connectivity index (χ1v) is 4.86. The van der Waals surface area contributed by atoms with Crippen LogP contribution in [-0.4, -0.2) is 17.8 Å². The molecule has 0 spiro atoms. The van der Waals surface area contributed by atoms with Crippen molar-refractivity contribution in [2.24, 2.45) is 0 Å². The van der Waals surface area contributed by atoms with Gasteiger partial charge in [-0.2, -0.15) is 0 Å². The van der Waals surface area contributed by atoms with Crippen LogP contribution in [0.4, 0.5) is 11.4 Å². The average Bonchev–Trinajstić information content (AvgIpc) is 2.02. The number of halogens is 1. The maximum absolute atomic E-state index is 9.05. The summed E-state index contributed by atoms with van der Waals surface area (Å²) in [4.78, 5) is 0. The zero-order valence-corrected chi connectivity index (χ0v) is 9.01. The molecule has 1 rings (SSSR count). The van der Waals surface area contributed by atoms with Crippen LogP contribution in [0.5, 0.6) is 0 Å². The predicted octanol–water partition coefficient (Wildman–Crippen LogP) is 1.82. The molecule has 3 nitrogen and oxygen atoms in total. The Labute approximate surface area is 86.1 Å². The van der Waals surface area contributed by atoms with Crippen molar-refractivity contribution in [1.82, 2.24) is 0 Å². The highest BCUT2D eigenvalue weighted by molar-refractivity contribution is 9.10. The predicted molar refractivity (Wildman–Crippen MR) is 58.7 cm³/mol. The molecule has 1 aromatic rings. The number of rotatable bonds is 3. The Hall–Kier alpha value is -0.740. The van der Waals surface area contributed by atoms with E-state index in [4.69, 9.17) is 10.8 Å². The molecule has 13 heavy (non-hydrogen) atoms. The zero-order chi connectivity index (χ0) is 9.84. The molecule has 4 N–H and O–H groups in total. The van der Waals surface area contributed by atoms with Crippen molar-refractivity contribution in [1.29, 1.82) is 0 Å². The molecular formula is C9H13BrN2O. The van der Waals surface area contributed by atoms with E-state index in [0.717, 1.165) is 10.2 Å². The lowest BCUT2D eigenvalue weighted by molar-refractivity contribution is 0.208. The summed E-state index contributed by atoms with van der Waals surface area (Å²) in [6.07, 6.45) is -0.372. The Bertz CT molecular complexity index is 289. The Kier molecular flexibility index (Phi) is 3.57. The molecule has 0 fully saturated rings. The third-order valence-corrected chi connectivity index (χ3v) is 2.09. The summed E-state index contributed by atoms with van der Waals surface area (Å²) in [6, 6.07) is 5.60. The molecule has 0 saturated carbocycles. The average molecular weight is 245 g/mol. The minimum absolute atomic E-state index is 0.372. The van der Waals surface area contributed by atoms with Crippen LogP contribution < -0.4 is 11.1 Å². The van der Waals surface area contributed by atoms with Gasteiger partial charge in [0.05, 0.1) is 17.5 Å². The van der Waals surface area contributed by atoms with Crippen molar-refractivity contribution in [3.05, 3.63) is 22.7 Å². The van der Waals surface area contributed by atoms with E-state index < -0.39 is 0 Å². The number of aliphatic hydroxyl groups excluding tert-OH is 1. The second-order valence-corrected chi connectivity index (χ2v) is 3.88. The molecular weight excluding hydrogens is 232 g/mol. The second-order valence-electron chi connectivity index (χ2n) is 2.96. The first-order valence-electron chi connectivity index (χ1n) is 4.06. The highest BCUT2D eigenvalue weighted by Crippen LogP contribution is 2.22. The molecule has 1 unspecified atom stereocenters. The van der Waals surface area contributed by atoms with E-state index in [9.17, 15) is 0 Å². The van der Waals surface area contributed by atoms with E-state index in [1.807, 2.05) is 18.2 Å². The first-order chi connectivity index (χ1) is 6.09. The third kappa shape index (κ3) is 3.24. The van der Waals surface area contributed by atoms with E-state index in [1.54, 1.807) is 6.92 Å². The van der Waals surface area contributed by atoms with Gasteiger partial charge in [-0.15, -0.1) is 0 Å². The molecule has 0 amide bonds. The molecule has 0 heterocycles. The minimum atomic E-state index is -0.372. The van der Waals surface area contributed by atoms with Crippen molar-refractivity contribution < 1.29 is 5.11 Å². The maximum atomic E-state index is 9.05. The van der Waals surface area contributed by atoms with Gasteiger partial charge in [-0.1, -0.05) is 15.9 Å². The molecule has 0 bridgehead atoms. The summed E-state index contributed by atoms with van der Waals surface area (Å²) >= 11 is 3.32. The number of nitrogens with two attached hydrogens (primary N) is 1. The standard InChI is InChI=1S/C9H13BrN2O/c1-6(13)5-12-9-3-2-7(10)4-8(9)11/h2-4,6,12-13H,5,11H2,1H3. The Morgan fingerprint density at radius 2 is 2.31 bits per heavy atom. The Morgan fingerprint density at radius 1 is 1.62 bits per heavy atom.